The third-order valence-electron chi connectivity index (χ3n) is 4.72. The van der Waals surface area contributed by atoms with Crippen LogP contribution in [0.3, 0.4) is 0 Å². The van der Waals surface area contributed by atoms with E-state index in [0.717, 1.165) is 10.3 Å². The molecule has 27 heavy (non-hydrogen) atoms. The molecule has 2 atom stereocenters. The first-order valence-electron chi connectivity index (χ1n) is 8.91. The quantitative estimate of drug-likeness (QED) is 0.693. The van der Waals surface area contributed by atoms with Crippen LogP contribution in [0.5, 0.6) is 0 Å². The Bertz CT molecular complexity index is 859. The number of para-hydroxylation sites is 1. The molecule has 144 valence electrons. The molecule has 3 rings (SSSR count). The molecule has 1 amide bonds. The number of nitrogens with one attached hydrogen (secondary N) is 2. The van der Waals surface area contributed by atoms with Crippen molar-refractivity contribution in [2.75, 3.05) is 26.8 Å². The fraction of sp³-hybridized carbons (Fsp3) is 0.421. The van der Waals surface area contributed by atoms with E-state index in [2.05, 4.69) is 5.32 Å². The zero-order chi connectivity index (χ0) is 19.4. The summed E-state index contributed by atoms with van der Waals surface area (Å²) in [5.41, 5.74) is 1.27. The molecule has 1 aliphatic heterocycles. The Balaban J connectivity index is 1.96. The third kappa shape index (κ3) is 3.95. The zero-order valence-electron chi connectivity index (χ0n) is 15.4. The van der Waals surface area contributed by atoms with Crippen molar-refractivity contribution in [1.29, 1.82) is 0 Å². The van der Waals surface area contributed by atoms with Crippen LogP contribution >= 0.6 is 0 Å². The lowest BCUT2D eigenvalue weighted by Gasteiger charge is -2.31. The van der Waals surface area contributed by atoms with Crippen molar-refractivity contribution in [2.24, 2.45) is 0 Å². The van der Waals surface area contributed by atoms with Gasteiger partial charge in [0.05, 0.1) is 32.4 Å². The van der Waals surface area contributed by atoms with Crippen molar-refractivity contribution < 1.29 is 33.2 Å². The first kappa shape index (κ1) is 18.9. The summed E-state index contributed by atoms with van der Waals surface area (Å²) in [4.78, 5) is 37.3. The van der Waals surface area contributed by atoms with Crippen LogP contribution in [0.2, 0.25) is 0 Å². The molecular formula is C19H23N2O6+. The van der Waals surface area contributed by atoms with E-state index in [-0.39, 0.29) is 24.7 Å². The maximum atomic E-state index is 12.4. The Morgan fingerprint density at radius 1 is 1.33 bits per heavy atom. The van der Waals surface area contributed by atoms with Crippen LogP contribution in [0.15, 0.2) is 28.7 Å². The lowest BCUT2D eigenvalue weighted by atomic mass is 10.0. The number of carbonyl (C=O) groups is 3. The van der Waals surface area contributed by atoms with Crippen LogP contribution < -0.4 is 10.2 Å². The number of esters is 2. The average molecular weight is 375 g/mol. The first-order valence-corrected chi connectivity index (χ1v) is 8.91. The Morgan fingerprint density at radius 3 is 2.85 bits per heavy atom. The smallest absolute Gasteiger partial charge is 0.374 e. The fourth-order valence-electron chi connectivity index (χ4n) is 3.39. The van der Waals surface area contributed by atoms with Crippen molar-refractivity contribution in [3.63, 3.8) is 0 Å². The monoisotopic (exact) mass is 375 g/mol. The van der Waals surface area contributed by atoms with Gasteiger partial charge >= 0.3 is 11.9 Å². The van der Waals surface area contributed by atoms with Crippen molar-refractivity contribution in [3.05, 3.63) is 35.6 Å². The first-order chi connectivity index (χ1) is 13.0. The highest BCUT2D eigenvalue weighted by Crippen LogP contribution is 2.26. The lowest BCUT2D eigenvalue weighted by molar-refractivity contribution is -0.930. The summed E-state index contributed by atoms with van der Waals surface area (Å²) in [6, 6.07) is 6.75. The Kier molecular flexibility index (Phi) is 5.75. The molecule has 1 saturated heterocycles. The molecular weight excluding hydrogens is 352 g/mol. The minimum absolute atomic E-state index is 0.0256. The summed E-state index contributed by atoms with van der Waals surface area (Å²) in [5, 5.41) is 3.59. The Hall–Kier alpha value is -2.87. The molecule has 1 aliphatic rings. The number of benzene rings is 1. The molecule has 2 aromatic rings. The van der Waals surface area contributed by atoms with Crippen LogP contribution in [0, 0.1) is 0 Å². The van der Waals surface area contributed by atoms with Crippen LogP contribution in [0.1, 0.15) is 29.5 Å². The summed E-state index contributed by atoms with van der Waals surface area (Å²) in [6.45, 7) is 3.44. The van der Waals surface area contributed by atoms with Gasteiger partial charge < -0.3 is 24.1 Å². The van der Waals surface area contributed by atoms with E-state index in [4.69, 9.17) is 13.9 Å². The van der Waals surface area contributed by atoms with E-state index in [1.807, 2.05) is 18.2 Å². The molecule has 2 N–H and O–H groups in total. The number of rotatable bonds is 6. The molecule has 1 aromatic carbocycles. The topological polar surface area (TPSA) is 99.3 Å². The molecule has 8 heteroatoms. The largest absolute Gasteiger partial charge is 0.469 e. The number of fused-ring (bicyclic) bond motifs is 1. The highest BCUT2D eigenvalue weighted by atomic mass is 16.5. The van der Waals surface area contributed by atoms with Crippen molar-refractivity contribution in [3.8, 4) is 0 Å². The molecule has 0 bridgehead atoms. The Morgan fingerprint density at radius 2 is 2.11 bits per heavy atom. The van der Waals surface area contributed by atoms with Gasteiger partial charge in [-0.1, -0.05) is 18.2 Å². The molecule has 1 unspecified atom stereocenters. The van der Waals surface area contributed by atoms with Crippen molar-refractivity contribution >= 4 is 28.8 Å². The fourth-order valence-corrected chi connectivity index (χ4v) is 3.39. The van der Waals surface area contributed by atoms with E-state index in [1.54, 1.807) is 13.0 Å². The number of ether oxygens (including phenoxy) is 2. The number of piperazine rings is 1. The van der Waals surface area contributed by atoms with Crippen LogP contribution in [-0.4, -0.2) is 50.7 Å². The molecule has 0 aliphatic carbocycles. The summed E-state index contributed by atoms with van der Waals surface area (Å²) in [5.74, 6) is -1.04. The van der Waals surface area contributed by atoms with Crippen LogP contribution in [0.25, 0.3) is 11.0 Å². The number of methoxy groups -OCH3 is 1. The normalized spacial score (nSPS) is 19.6. The van der Waals surface area contributed by atoms with Gasteiger partial charge in [-0.05, 0) is 13.0 Å². The molecule has 1 fully saturated rings. The number of carbonyl (C=O) groups excluding carboxylic acids is 3. The van der Waals surface area contributed by atoms with Gasteiger partial charge in [0.2, 0.25) is 5.76 Å². The minimum atomic E-state index is -0.588. The maximum Gasteiger partial charge on any atom is 0.374 e. The number of furan rings is 1. The van der Waals surface area contributed by atoms with Gasteiger partial charge in [-0.15, -0.1) is 0 Å². The molecule has 0 saturated carbocycles. The SMILES string of the molecule is CCOC(=O)c1oc2ccccc2c1C[NH+]1CCNC(=O)[C@H]1CC(=O)OC. The second kappa shape index (κ2) is 8.22. The van der Waals surface area contributed by atoms with Crippen LogP contribution in [0.4, 0.5) is 0 Å². The Labute approximate surface area is 156 Å². The molecule has 1 aromatic heterocycles. The van der Waals surface area contributed by atoms with E-state index >= 15 is 0 Å². The summed E-state index contributed by atoms with van der Waals surface area (Å²) in [7, 11) is 1.30. The maximum absolute atomic E-state index is 12.4. The number of hydrogen-bond acceptors (Lipinski definition) is 6. The van der Waals surface area contributed by atoms with E-state index < -0.39 is 18.0 Å². The molecule has 2 heterocycles. The van der Waals surface area contributed by atoms with Crippen LogP contribution in [-0.2, 0) is 25.6 Å². The summed E-state index contributed by atoms with van der Waals surface area (Å²) >= 11 is 0. The number of quaternary nitrogens is 1. The van der Waals surface area contributed by atoms with E-state index in [1.165, 1.54) is 7.11 Å². The summed E-state index contributed by atoms with van der Waals surface area (Å²) in [6.07, 6.45) is -0.0256. The highest BCUT2D eigenvalue weighted by molar-refractivity contribution is 5.96. The predicted molar refractivity (Wildman–Crippen MR) is 95.1 cm³/mol. The molecule has 8 nitrogen and oxygen atoms in total. The number of amides is 1. The van der Waals surface area contributed by atoms with E-state index in [9.17, 15) is 14.4 Å². The van der Waals surface area contributed by atoms with Gasteiger partial charge in [-0.25, -0.2) is 4.79 Å². The highest BCUT2D eigenvalue weighted by Gasteiger charge is 2.37. The molecule has 0 spiro atoms. The minimum Gasteiger partial charge on any atom is -0.469 e. The second-order valence-electron chi connectivity index (χ2n) is 6.34. The van der Waals surface area contributed by atoms with Gasteiger partial charge in [0.15, 0.2) is 6.04 Å². The van der Waals surface area contributed by atoms with Gasteiger partial charge in [-0.3, -0.25) is 9.59 Å². The zero-order valence-corrected chi connectivity index (χ0v) is 15.4. The summed E-state index contributed by atoms with van der Waals surface area (Å²) < 4.78 is 15.6. The average Bonchev–Trinajstić information content (AvgIpc) is 3.03. The third-order valence-corrected chi connectivity index (χ3v) is 4.72. The standard InChI is InChI=1S/C19H22N2O6/c1-3-26-19(24)17-13(12-6-4-5-7-15(12)27-17)11-21-9-8-20-18(23)14(21)10-16(22)25-2/h4-7,14H,3,8-11H2,1-2H3,(H,20,23)/p+1/t14-/m1/s1. The second-order valence-corrected chi connectivity index (χ2v) is 6.34. The number of hydrogen-bond donors (Lipinski definition) is 2. The van der Waals surface area contributed by atoms with Gasteiger partial charge in [0.25, 0.3) is 5.91 Å². The molecule has 0 radical (unpaired) electrons. The lowest BCUT2D eigenvalue weighted by Crippen LogP contribution is -3.18. The van der Waals surface area contributed by atoms with Gasteiger partial charge in [-0.2, -0.15) is 0 Å². The van der Waals surface area contributed by atoms with Crippen molar-refractivity contribution in [2.45, 2.75) is 25.9 Å². The predicted octanol–water partition coefficient (Wildman–Crippen LogP) is 0.0559. The van der Waals surface area contributed by atoms with Crippen molar-refractivity contribution in [1.82, 2.24) is 5.32 Å². The van der Waals surface area contributed by atoms with E-state index in [0.29, 0.717) is 30.8 Å². The van der Waals surface area contributed by atoms with Gasteiger partial charge in [0.1, 0.15) is 18.5 Å². The van der Waals surface area contributed by atoms with Gasteiger partial charge in [0, 0.05) is 5.39 Å².